The van der Waals surface area contributed by atoms with E-state index in [1.165, 1.54) is 16.9 Å². The highest BCUT2D eigenvalue weighted by Gasteiger charge is 2.40. The standard InChI is InChI=1S/C28H29F7N6O2/c29-25(30)18-9-19(12-36-11-18)26(43)40-24(16-3-6-27(31,32)7-4-16)20-14-41-21(38-20)10-17(13-37-41)23(15-1-2-15)39-22(42)5-8-28(33,34)35/h9-16,23-25H,1-8H2,(H,39,42)(H,40,43)/t23?,24-/m0/s1. The van der Waals surface area contributed by atoms with E-state index < -0.39 is 66.7 Å². The lowest BCUT2D eigenvalue weighted by Gasteiger charge is -2.33. The summed E-state index contributed by atoms with van der Waals surface area (Å²) in [6, 6.07) is 1.22. The Bertz CT molecular complexity index is 1460. The molecule has 0 radical (unpaired) electrons. The van der Waals surface area contributed by atoms with Crippen LogP contribution >= 0.6 is 0 Å². The molecule has 0 bridgehead atoms. The molecule has 15 heteroatoms. The van der Waals surface area contributed by atoms with Crippen LogP contribution in [0, 0.1) is 11.8 Å². The maximum Gasteiger partial charge on any atom is 0.389 e. The second kappa shape index (κ2) is 12.1. The number of amides is 2. The van der Waals surface area contributed by atoms with Crippen molar-refractivity contribution < 1.29 is 40.3 Å². The summed E-state index contributed by atoms with van der Waals surface area (Å²) < 4.78 is 93.5. The summed E-state index contributed by atoms with van der Waals surface area (Å²) in [6.45, 7) is 0. The normalized spacial score (nSPS) is 18.9. The largest absolute Gasteiger partial charge is 0.389 e. The van der Waals surface area contributed by atoms with Crippen LogP contribution in [0.3, 0.4) is 0 Å². The number of aromatic nitrogens is 4. The number of carbonyl (C=O) groups excluding carboxylic acids is 2. The quantitative estimate of drug-likeness (QED) is 0.262. The van der Waals surface area contributed by atoms with Crippen LogP contribution in [0.25, 0.3) is 5.65 Å². The van der Waals surface area contributed by atoms with Gasteiger partial charge in [-0.3, -0.25) is 14.6 Å². The average molecular weight is 615 g/mol. The van der Waals surface area contributed by atoms with Crippen LogP contribution in [0.15, 0.2) is 36.9 Å². The van der Waals surface area contributed by atoms with Crippen molar-refractivity contribution in [2.75, 3.05) is 0 Å². The van der Waals surface area contributed by atoms with Crippen LogP contribution in [0.5, 0.6) is 0 Å². The van der Waals surface area contributed by atoms with Crippen molar-refractivity contribution in [2.45, 2.75) is 82.0 Å². The minimum Gasteiger partial charge on any atom is -0.349 e. The lowest BCUT2D eigenvalue weighted by atomic mass is 9.81. The van der Waals surface area contributed by atoms with Gasteiger partial charge in [-0.15, -0.1) is 0 Å². The molecule has 8 nitrogen and oxygen atoms in total. The van der Waals surface area contributed by atoms with Gasteiger partial charge in [0, 0.05) is 37.2 Å². The van der Waals surface area contributed by atoms with Crippen molar-refractivity contribution in [3.63, 3.8) is 0 Å². The summed E-state index contributed by atoms with van der Waals surface area (Å²) in [5.74, 6) is -4.70. The summed E-state index contributed by atoms with van der Waals surface area (Å²) in [5.41, 5.74) is 0.594. The number of halogens is 7. The third kappa shape index (κ3) is 7.79. The molecule has 2 amide bonds. The first-order valence-corrected chi connectivity index (χ1v) is 13.9. The Morgan fingerprint density at radius 2 is 1.65 bits per heavy atom. The molecule has 2 N–H and O–H groups in total. The molecule has 2 saturated carbocycles. The molecule has 3 aromatic rings. The Balaban J connectivity index is 1.40. The molecule has 0 aliphatic heterocycles. The molecule has 3 heterocycles. The van der Waals surface area contributed by atoms with E-state index in [1.807, 2.05) is 0 Å². The molecule has 2 aliphatic rings. The van der Waals surface area contributed by atoms with Crippen LogP contribution in [0.2, 0.25) is 0 Å². The molecular weight excluding hydrogens is 585 g/mol. The Hall–Kier alpha value is -3.78. The molecule has 0 aromatic carbocycles. The molecule has 3 aromatic heterocycles. The summed E-state index contributed by atoms with van der Waals surface area (Å²) in [4.78, 5) is 33.7. The van der Waals surface area contributed by atoms with E-state index in [0.717, 1.165) is 31.3 Å². The number of pyridine rings is 1. The first-order valence-electron chi connectivity index (χ1n) is 13.9. The maximum atomic E-state index is 14.0. The summed E-state index contributed by atoms with van der Waals surface area (Å²) >= 11 is 0. The van der Waals surface area contributed by atoms with Gasteiger partial charge in [0.05, 0.1) is 42.2 Å². The number of nitrogens with one attached hydrogen (secondary N) is 2. The SMILES string of the molecule is O=C(CCC(F)(F)F)NC(c1cnn2cc([C@@H](NC(=O)c3cncc(C(F)F)c3)C3CCC(F)(F)CC3)nc2c1)C1CC1. The molecule has 0 saturated heterocycles. The molecule has 2 atom stereocenters. The van der Waals surface area contributed by atoms with Crippen molar-refractivity contribution >= 4 is 17.5 Å². The van der Waals surface area contributed by atoms with Crippen molar-refractivity contribution in [1.29, 1.82) is 0 Å². The predicted octanol–water partition coefficient (Wildman–Crippen LogP) is 6.27. The van der Waals surface area contributed by atoms with Crippen LogP contribution in [0.1, 0.15) is 97.1 Å². The molecule has 232 valence electrons. The monoisotopic (exact) mass is 614 g/mol. The van der Waals surface area contributed by atoms with Gasteiger partial charge in [0.1, 0.15) is 0 Å². The van der Waals surface area contributed by atoms with Gasteiger partial charge in [-0.2, -0.15) is 18.3 Å². The number of fused-ring (bicyclic) bond motifs is 1. The highest BCUT2D eigenvalue weighted by molar-refractivity contribution is 5.94. The van der Waals surface area contributed by atoms with Crippen molar-refractivity contribution in [1.82, 2.24) is 30.2 Å². The number of hydrogen-bond donors (Lipinski definition) is 2. The number of rotatable bonds is 10. The fourth-order valence-corrected chi connectivity index (χ4v) is 5.39. The zero-order valence-electron chi connectivity index (χ0n) is 22.8. The van der Waals surface area contributed by atoms with Gasteiger partial charge in [0.25, 0.3) is 12.3 Å². The van der Waals surface area contributed by atoms with Gasteiger partial charge in [0.2, 0.25) is 11.8 Å². The number of hydrogen-bond acceptors (Lipinski definition) is 5. The second-order valence-electron chi connectivity index (χ2n) is 11.2. The van der Waals surface area contributed by atoms with E-state index in [9.17, 15) is 40.3 Å². The smallest absolute Gasteiger partial charge is 0.349 e. The van der Waals surface area contributed by atoms with E-state index in [0.29, 0.717) is 16.9 Å². The number of imidazole rings is 1. The second-order valence-corrected chi connectivity index (χ2v) is 11.2. The molecule has 5 rings (SSSR count). The third-order valence-corrected chi connectivity index (χ3v) is 7.88. The molecule has 2 fully saturated rings. The van der Waals surface area contributed by atoms with Gasteiger partial charge in [-0.05, 0) is 55.2 Å². The fourth-order valence-electron chi connectivity index (χ4n) is 5.39. The highest BCUT2D eigenvalue weighted by Crippen LogP contribution is 2.43. The van der Waals surface area contributed by atoms with Gasteiger partial charge in [0.15, 0.2) is 5.65 Å². The first kappa shape index (κ1) is 30.7. The van der Waals surface area contributed by atoms with Crippen LogP contribution in [-0.2, 0) is 4.79 Å². The van der Waals surface area contributed by atoms with Crippen LogP contribution in [0.4, 0.5) is 30.7 Å². The number of nitrogens with zero attached hydrogens (tertiary/aromatic N) is 4. The van der Waals surface area contributed by atoms with E-state index in [1.54, 1.807) is 6.07 Å². The van der Waals surface area contributed by atoms with E-state index in [2.05, 4.69) is 25.7 Å². The molecular formula is C28H29F7N6O2. The number of alkyl halides is 7. The Morgan fingerprint density at radius 1 is 0.953 bits per heavy atom. The minimum absolute atomic E-state index is 0.0297. The van der Waals surface area contributed by atoms with E-state index in [4.69, 9.17) is 0 Å². The average Bonchev–Trinajstić information content (AvgIpc) is 3.71. The van der Waals surface area contributed by atoms with E-state index in [-0.39, 0.29) is 37.2 Å². The van der Waals surface area contributed by atoms with Gasteiger partial charge >= 0.3 is 6.18 Å². The van der Waals surface area contributed by atoms with Gasteiger partial charge < -0.3 is 10.6 Å². The minimum atomic E-state index is -4.46. The molecule has 0 spiro atoms. The predicted molar refractivity (Wildman–Crippen MR) is 138 cm³/mol. The summed E-state index contributed by atoms with van der Waals surface area (Å²) in [7, 11) is 0. The Labute approximate surface area is 241 Å². The number of carbonyl (C=O) groups is 2. The van der Waals surface area contributed by atoms with Crippen molar-refractivity contribution in [2.24, 2.45) is 11.8 Å². The maximum absolute atomic E-state index is 14.0. The first-order chi connectivity index (χ1) is 20.3. The van der Waals surface area contributed by atoms with Crippen molar-refractivity contribution in [3.8, 4) is 0 Å². The van der Waals surface area contributed by atoms with Crippen LogP contribution < -0.4 is 10.6 Å². The van der Waals surface area contributed by atoms with Gasteiger partial charge in [-0.1, -0.05) is 0 Å². The Kier molecular flexibility index (Phi) is 8.61. The third-order valence-electron chi connectivity index (χ3n) is 7.88. The Morgan fingerprint density at radius 3 is 2.30 bits per heavy atom. The molecule has 2 aliphatic carbocycles. The summed E-state index contributed by atoms with van der Waals surface area (Å²) in [5, 5.41) is 9.79. The lowest BCUT2D eigenvalue weighted by molar-refractivity contribution is -0.144. The van der Waals surface area contributed by atoms with Crippen molar-refractivity contribution in [3.05, 3.63) is 59.3 Å². The highest BCUT2D eigenvalue weighted by atomic mass is 19.4. The lowest BCUT2D eigenvalue weighted by Crippen LogP contribution is -2.37. The molecule has 1 unspecified atom stereocenters. The van der Waals surface area contributed by atoms with Gasteiger partial charge in [-0.25, -0.2) is 27.1 Å². The topological polar surface area (TPSA) is 101 Å². The zero-order valence-corrected chi connectivity index (χ0v) is 22.8. The van der Waals surface area contributed by atoms with Crippen LogP contribution in [-0.4, -0.2) is 43.5 Å². The van der Waals surface area contributed by atoms with E-state index >= 15 is 0 Å². The summed E-state index contributed by atoms with van der Waals surface area (Å²) in [6.07, 6.45) is -3.24. The molecule has 43 heavy (non-hydrogen) atoms. The zero-order chi connectivity index (χ0) is 30.9. The fraction of sp³-hybridized carbons (Fsp3) is 0.536.